The van der Waals surface area contributed by atoms with E-state index in [0.29, 0.717) is 18.2 Å². The number of ketones is 1. The van der Waals surface area contributed by atoms with Gasteiger partial charge < -0.3 is 9.30 Å². The number of carbonyl (C=O) groups excluding carboxylic acids is 1. The molecule has 1 atom stereocenters. The molecule has 7 heteroatoms. The van der Waals surface area contributed by atoms with Crippen LogP contribution >= 0.6 is 0 Å². The van der Waals surface area contributed by atoms with E-state index in [4.69, 9.17) is 4.74 Å². The predicted molar refractivity (Wildman–Crippen MR) is 115 cm³/mol. The fourth-order valence-electron chi connectivity index (χ4n) is 3.39. The zero-order chi connectivity index (χ0) is 21.2. The summed E-state index contributed by atoms with van der Waals surface area (Å²) in [5, 5.41) is 1.09. The van der Waals surface area contributed by atoms with Gasteiger partial charge in [0.05, 0.1) is 19.3 Å². The highest BCUT2D eigenvalue weighted by Crippen LogP contribution is 2.30. The van der Waals surface area contributed by atoms with Crippen molar-refractivity contribution in [3.63, 3.8) is 0 Å². The van der Waals surface area contributed by atoms with Gasteiger partial charge in [-0.25, -0.2) is 13.4 Å². The lowest BCUT2D eigenvalue weighted by Gasteiger charge is -2.15. The van der Waals surface area contributed by atoms with E-state index >= 15 is 0 Å². The number of aromatic nitrogens is 2. The van der Waals surface area contributed by atoms with E-state index in [1.54, 1.807) is 19.2 Å². The van der Waals surface area contributed by atoms with Crippen molar-refractivity contribution in [3.8, 4) is 5.75 Å². The average Bonchev–Trinajstić information content (AvgIpc) is 3.03. The molecule has 0 radical (unpaired) electrons. The highest BCUT2D eigenvalue weighted by Gasteiger charge is 2.17. The first-order valence-electron chi connectivity index (χ1n) is 9.56. The average molecular weight is 415 g/mol. The van der Waals surface area contributed by atoms with Gasteiger partial charge in [0, 0.05) is 22.9 Å². The van der Waals surface area contributed by atoms with Crippen molar-refractivity contribution < 1.29 is 17.9 Å². The van der Waals surface area contributed by atoms with Crippen LogP contribution in [0.3, 0.4) is 0 Å². The van der Waals surface area contributed by atoms with Crippen LogP contribution in [-0.2, 0) is 16.4 Å². The molecule has 2 aromatic heterocycles. The molecule has 0 aliphatic rings. The van der Waals surface area contributed by atoms with Crippen molar-refractivity contribution in [2.45, 2.75) is 32.7 Å². The minimum atomic E-state index is -3.40. The Morgan fingerprint density at radius 1 is 1.21 bits per heavy atom. The third kappa shape index (κ3) is 4.85. The summed E-state index contributed by atoms with van der Waals surface area (Å²) in [7, 11) is -1.75. The fourth-order valence-corrected chi connectivity index (χ4v) is 4.01. The minimum Gasteiger partial charge on any atom is -0.497 e. The predicted octanol–water partition coefficient (Wildman–Crippen LogP) is 3.83. The molecule has 6 nitrogen and oxygen atoms in total. The van der Waals surface area contributed by atoms with Crippen molar-refractivity contribution in [3.05, 3.63) is 59.5 Å². The number of ether oxygens (including phenoxy) is 1. The first-order valence-corrected chi connectivity index (χ1v) is 11.6. The number of sulfone groups is 1. The summed E-state index contributed by atoms with van der Waals surface area (Å²) in [6.45, 7) is 4.83. The number of nitrogens with zero attached hydrogens (tertiary/aromatic N) is 2. The van der Waals surface area contributed by atoms with Crippen LogP contribution in [0.1, 0.15) is 48.1 Å². The van der Waals surface area contributed by atoms with E-state index in [0.717, 1.165) is 29.3 Å². The van der Waals surface area contributed by atoms with E-state index in [1.165, 1.54) is 5.69 Å². The maximum atomic E-state index is 12.3. The van der Waals surface area contributed by atoms with Gasteiger partial charge in [0.1, 0.15) is 17.2 Å². The maximum absolute atomic E-state index is 12.3. The SMILES string of the molecule is CCC(C)c1cc2cc(OC)ccc2n1Cc1cccc(C(=O)CS(C)(=O)=O)n1. The molecule has 154 valence electrons. The van der Waals surface area contributed by atoms with Crippen molar-refractivity contribution >= 4 is 26.5 Å². The Balaban J connectivity index is 2.01. The molecule has 3 rings (SSSR count). The lowest BCUT2D eigenvalue weighted by Crippen LogP contribution is -2.17. The Labute approximate surface area is 171 Å². The van der Waals surface area contributed by atoms with Gasteiger partial charge in [-0.1, -0.05) is 19.9 Å². The molecule has 0 fully saturated rings. The van der Waals surface area contributed by atoms with E-state index in [2.05, 4.69) is 29.5 Å². The Morgan fingerprint density at radius 3 is 2.62 bits per heavy atom. The van der Waals surface area contributed by atoms with Crippen LogP contribution in [0, 0.1) is 0 Å². The van der Waals surface area contributed by atoms with E-state index in [-0.39, 0.29) is 5.69 Å². The second kappa shape index (κ2) is 8.37. The molecule has 0 saturated heterocycles. The van der Waals surface area contributed by atoms with Crippen LogP contribution < -0.4 is 4.74 Å². The largest absolute Gasteiger partial charge is 0.497 e. The Hall–Kier alpha value is -2.67. The summed E-state index contributed by atoms with van der Waals surface area (Å²) in [5.41, 5.74) is 3.14. The Bertz CT molecular complexity index is 1150. The van der Waals surface area contributed by atoms with Crippen LogP contribution in [0.5, 0.6) is 5.75 Å². The molecule has 1 unspecified atom stereocenters. The van der Waals surface area contributed by atoms with Crippen molar-refractivity contribution in [1.29, 1.82) is 0 Å². The van der Waals surface area contributed by atoms with Gasteiger partial charge in [-0.2, -0.15) is 0 Å². The van der Waals surface area contributed by atoms with Crippen LogP contribution in [0.15, 0.2) is 42.5 Å². The number of carbonyl (C=O) groups is 1. The Kier molecular flexibility index (Phi) is 6.07. The van der Waals surface area contributed by atoms with Gasteiger partial charge in [-0.05, 0) is 48.7 Å². The Morgan fingerprint density at radius 2 is 1.97 bits per heavy atom. The highest BCUT2D eigenvalue weighted by atomic mass is 32.2. The number of hydrogen-bond donors (Lipinski definition) is 0. The summed E-state index contributed by atoms with van der Waals surface area (Å²) in [6, 6.07) is 13.3. The van der Waals surface area contributed by atoms with Crippen LogP contribution in [0.2, 0.25) is 0 Å². The topological polar surface area (TPSA) is 78.3 Å². The minimum absolute atomic E-state index is 0.177. The zero-order valence-electron chi connectivity index (χ0n) is 17.2. The van der Waals surface area contributed by atoms with Crippen molar-refractivity contribution in [2.75, 3.05) is 19.1 Å². The monoisotopic (exact) mass is 414 g/mol. The van der Waals surface area contributed by atoms with E-state index in [1.807, 2.05) is 24.3 Å². The molecule has 0 aliphatic carbocycles. The number of Topliss-reactive ketones (excluding diaryl/α,β-unsaturated/α-hetero) is 1. The molecule has 0 N–H and O–H groups in total. The molecular weight excluding hydrogens is 388 g/mol. The van der Waals surface area contributed by atoms with E-state index in [9.17, 15) is 13.2 Å². The molecule has 0 saturated carbocycles. The van der Waals surface area contributed by atoms with Gasteiger partial charge in [-0.3, -0.25) is 4.79 Å². The number of fused-ring (bicyclic) bond motifs is 1. The first kappa shape index (κ1) is 21.0. The van der Waals surface area contributed by atoms with Gasteiger partial charge in [0.15, 0.2) is 15.6 Å². The maximum Gasteiger partial charge on any atom is 0.196 e. The zero-order valence-corrected chi connectivity index (χ0v) is 18.0. The number of methoxy groups -OCH3 is 1. The van der Waals surface area contributed by atoms with Gasteiger partial charge in [0.25, 0.3) is 0 Å². The normalized spacial score (nSPS) is 12.8. The quantitative estimate of drug-likeness (QED) is 0.524. The third-order valence-corrected chi connectivity index (χ3v) is 5.85. The summed E-state index contributed by atoms with van der Waals surface area (Å²) in [4.78, 5) is 16.7. The molecular formula is C22H26N2O4S. The van der Waals surface area contributed by atoms with Crippen LogP contribution in [-0.4, -0.2) is 42.9 Å². The van der Waals surface area contributed by atoms with Gasteiger partial charge >= 0.3 is 0 Å². The standard InChI is InChI=1S/C22H26N2O4S/c1-5-15(2)21-12-16-11-18(28-3)9-10-20(16)24(21)13-17-7-6-8-19(23-17)22(25)14-29(4,26)27/h6-12,15H,5,13-14H2,1-4H3. The second-order valence-corrected chi connectivity index (χ2v) is 9.54. The number of pyridine rings is 1. The van der Waals surface area contributed by atoms with E-state index < -0.39 is 21.4 Å². The molecule has 0 amide bonds. The van der Waals surface area contributed by atoms with Crippen LogP contribution in [0.4, 0.5) is 0 Å². The molecule has 0 bridgehead atoms. The van der Waals surface area contributed by atoms with Gasteiger partial charge in [-0.15, -0.1) is 0 Å². The van der Waals surface area contributed by atoms with Crippen molar-refractivity contribution in [1.82, 2.24) is 9.55 Å². The number of hydrogen-bond acceptors (Lipinski definition) is 5. The lowest BCUT2D eigenvalue weighted by atomic mass is 10.0. The summed E-state index contributed by atoms with van der Waals surface area (Å²) in [6.07, 6.45) is 2.04. The number of benzene rings is 1. The molecule has 3 aromatic rings. The summed E-state index contributed by atoms with van der Waals surface area (Å²) in [5.74, 6) is 0.132. The highest BCUT2D eigenvalue weighted by molar-refractivity contribution is 7.91. The fraction of sp³-hybridized carbons (Fsp3) is 0.364. The smallest absolute Gasteiger partial charge is 0.196 e. The molecule has 0 aliphatic heterocycles. The number of rotatable bonds is 8. The molecule has 0 spiro atoms. The third-order valence-electron chi connectivity index (χ3n) is 5.06. The molecule has 1 aromatic carbocycles. The second-order valence-electron chi connectivity index (χ2n) is 7.40. The van der Waals surface area contributed by atoms with Crippen LogP contribution in [0.25, 0.3) is 10.9 Å². The van der Waals surface area contributed by atoms with Gasteiger partial charge in [0.2, 0.25) is 0 Å². The lowest BCUT2D eigenvalue weighted by molar-refractivity contribution is 0.101. The van der Waals surface area contributed by atoms with Crippen molar-refractivity contribution in [2.24, 2.45) is 0 Å². The summed E-state index contributed by atoms with van der Waals surface area (Å²) >= 11 is 0. The first-order chi connectivity index (χ1) is 13.7. The molecule has 2 heterocycles. The molecule has 29 heavy (non-hydrogen) atoms. The summed E-state index contributed by atoms with van der Waals surface area (Å²) < 4.78 is 30.4.